The molecule has 0 bridgehead atoms. The summed E-state index contributed by atoms with van der Waals surface area (Å²) in [6.45, 7) is 2.78. The number of aliphatic imine (C=N–C) groups is 1. The second-order valence-electron chi connectivity index (χ2n) is 12.5. The van der Waals surface area contributed by atoms with E-state index in [1.54, 1.807) is 17.2 Å². The maximum Gasteiger partial charge on any atom is 0.338 e. The van der Waals surface area contributed by atoms with Gasteiger partial charge in [-0.15, -0.1) is 6.58 Å². The smallest absolute Gasteiger partial charge is 0.338 e. The van der Waals surface area contributed by atoms with Crippen molar-refractivity contribution < 1.29 is 69.4 Å². The first-order valence-electron chi connectivity index (χ1n) is 16.7. The van der Waals surface area contributed by atoms with Crippen molar-refractivity contribution in [1.29, 1.82) is 0 Å². The average molecular weight is 725 g/mol. The molecule has 0 radical (unpaired) electrons. The predicted octanol–water partition coefficient (Wildman–Crippen LogP) is -2.36. The molecule has 1 saturated heterocycles. The number of nitrogens with two attached hydrogens (primary N) is 1. The van der Waals surface area contributed by atoms with Crippen LogP contribution in [0.2, 0.25) is 0 Å². The first kappa shape index (κ1) is 39.9. The minimum Gasteiger partial charge on any atom is -0.478 e. The summed E-state index contributed by atoms with van der Waals surface area (Å²) in [5, 5.41) is 82.8. The predicted molar refractivity (Wildman–Crippen MR) is 176 cm³/mol. The molecule has 4 aliphatic rings. The molecule has 1 aliphatic carbocycles. The zero-order valence-electron chi connectivity index (χ0n) is 28.0. The van der Waals surface area contributed by atoms with Crippen molar-refractivity contribution in [3.63, 3.8) is 0 Å². The molecule has 18 heteroatoms. The van der Waals surface area contributed by atoms with Crippen LogP contribution in [0.1, 0.15) is 32.1 Å². The molecule has 1 saturated carbocycles. The van der Waals surface area contributed by atoms with Crippen LogP contribution in [0.15, 0.2) is 64.7 Å². The fourth-order valence-corrected chi connectivity index (χ4v) is 6.19. The topological polar surface area (TPSA) is 287 Å². The van der Waals surface area contributed by atoms with E-state index in [0.29, 0.717) is 19.3 Å². The number of aliphatic carboxylic acids is 1. The van der Waals surface area contributed by atoms with Gasteiger partial charge in [0.05, 0.1) is 48.8 Å². The summed E-state index contributed by atoms with van der Waals surface area (Å²) in [5.41, 5.74) is 6.36. The van der Waals surface area contributed by atoms with Crippen molar-refractivity contribution in [3.8, 4) is 0 Å². The van der Waals surface area contributed by atoms with E-state index in [-0.39, 0.29) is 67.3 Å². The Hall–Kier alpha value is -3.85. The van der Waals surface area contributed by atoms with E-state index < -0.39 is 67.1 Å². The Bertz CT molecular complexity index is 1410. The molecule has 284 valence electrons. The summed E-state index contributed by atoms with van der Waals surface area (Å²) in [6.07, 6.45) is 1.24. The standard InChI is InChI=1S/C33H48N4O14/c1-2-20-21(9-8-18-14-37(11-13-39)15-22(28(43)44)25(18)36-32(34)35-10-5-12-38)23(29(45)49-19-6-3-4-7-19)17-48-30(20)51-31-27(42)33(46,47)26(41)24(16-40)50-31/h2,8-9,14,17,19-21,24,26-27,30-31,38-42,46-47H,1,3-7,10-13,15-16H2,(H,43,44)(H3,34,35,36). The van der Waals surface area contributed by atoms with Crippen molar-refractivity contribution in [2.45, 2.75) is 74.9 Å². The number of ether oxygens (including phenoxy) is 4. The largest absolute Gasteiger partial charge is 0.478 e. The zero-order valence-corrected chi connectivity index (χ0v) is 28.0. The number of carbonyl (C=O) groups is 2. The minimum atomic E-state index is -3.13. The van der Waals surface area contributed by atoms with E-state index in [1.165, 1.54) is 12.2 Å². The number of nitrogens with one attached hydrogen (secondary N) is 1. The van der Waals surface area contributed by atoms with Gasteiger partial charge in [-0.05, 0) is 32.1 Å². The summed E-state index contributed by atoms with van der Waals surface area (Å²) in [5.74, 6) is -7.10. The van der Waals surface area contributed by atoms with Gasteiger partial charge in [-0.2, -0.15) is 0 Å². The number of carbonyl (C=O) groups excluding carboxylic acids is 1. The van der Waals surface area contributed by atoms with Crippen LogP contribution in [0.3, 0.4) is 0 Å². The third kappa shape index (κ3) is 9.53. The number of aliphatic hydroxyl groups is 7. The molecule has 7 atom stereocenters. The highest BCUT2D eigenvalue weighted by molar-refractivity contribution is 5.92. The molecule has 2 fully saturated rings. The van der Waals surface area contributed by atoms with Crippen molar-refractivity contribution in [1.82, 2.24) is 10.2 Å². The molecule has 0 amide bonds. The minimum absolute atomic E-state index is 0.0426. The highest BCUT2D eigenvalue weighted by Gasteiger charge is 2.56. The van der Waals surface area contributed by atoms with Gasteiger partial charge in [0.15, 0.2) is 18.4 Å². The Kier molecular flexibility index (Phi) is 14.1. The van der Waals surface area contributed by atoms with Crippen molar-refractivity contribution in [2.24, 2.45) is 22.6 Å². The summed E-state index contributed by atoms with van der Waals surface area (Å²) in [4.78, 5) is 31.7. The molecule has 0 aromatic carbocycles. The Morgan fingerprint density at radius 1 is 1.14 bits per heavy atom. The second-order valence-corrected chi connectivity index (χ2v) is 12.5. The Morgan fingerprint density at radius 3 is 2.49 bits per heavy atom. The van der Waals surface area contributed by atoms with E-state index in [1.807, 2.05) is 0 Å². The number of hydrogen-bond donors (Lipinski definition) is 10. The van der Waals surface area contributed by atoms with Crippen molar-refractivity contribution in [2.75, 3.05) is 39.5 Å². The number of esters is 1. The Balaban J connectivity index is 1.72. The zero-order chi connectivity index (χ0) is 37.3. The molecule has 3 heterocycles. The quantitative estimate of drug-likeness (QED) is 0.0211. The van der Waals surface area contributed by atoms with Crippen LogP contribution < -0.4 is 11.1 Å². The first-order valence-corrected chi connectivity index (χ1v) is 16.7. The van der Waals surface area contributed by atoms with Gasteiger partial charge in [0.25, 0.3) is 0 Å². The first-order chi connectivity index (χ1) is 24.4. The lowest BCUT2D eigenvalue weighted by molar-refractivity contribution is -0.404. The summed E-state index contributed by atoms with van der Waals surface area (Å²) in [7, 11) is 0. The lowest BCUT2D eigenvalue weighted by Gasteiger charge is -2.46. The molecular formula is C33H48N4O14. The number of guanidine groups is 1. The van der Waals surface area contributed by atoms with Gasteiger partial charge in [-0.1, -0.05) is 18.2 Å². The maximum atomic E-state index is 13.6. The average Bonchev–Trinajstić information content (AvgIpc) is 3.61. The number of carboxylic acid groups (broad SMARTS) is 1. The molecule has 51 heavy (non-hydrogen) atoms. The normalized spacial score (nSPS) is 30.1. The van der Waals surface area contributed by atoms with Crippen LogP contribution in [0.25, 0.3) is 0 Å². The van der Waals surface area contributed by atoms with E-state index in [4.69, 9.17) is 29.8 Å². The summed E-state index contributed by atoms with van der Waals surface area (Å²) in [6, 6.07) is 0. The molecule has 18 nitrogen and oxygen atoms in total. The third-order valence-electron chi connectivity index (χ3n) is 8.99. The third-order valence-corrected chi connectivity index (χ3v) is 8.99. The van der Waals surface area contributed by atoms with Gasteiger partial charge in [0.1, 0.15) is 18.3 Å². The molecule has 3 aliphatic heterocycles. The number of carboxylic acids is 1. The number of β-amino-alcohol motifs (C(OH)–C–C–N with tert-alkyl or cyclic N) is 1. The van der Waals surface area contributed by atoms with Gasteiger partial charge in [0.2, 0.25) is 12.1 Å². The molecule has 7 unspecified atom stereocenters. The second kappa shape index (κ2) is 18.1. The molecule has 0 aromatic heterocycles. The van der Waals surface area contributed by atoms with Crippen LogP contribution in [0, 0.1) is 11.8 Å². The highest BCUT2D eigenvalue weighted by Crippen LogP contribution is 2.38. The van der Waals surface area contributed by atoms with Crippen LogP contribution in [0.4, 0.5) is 0 Å². The lowest BCUT2D eigenvalue weighted by atomic mass is 9.83. The monoisotopic (exact) mass is 724 g/mol. The summed E-state index contributed by atoms with van der Waals surface area (Å²) < 4.78 is 22.8. The van der Waals surface area contributed by atoms with E-state index in [9.17, 15) is 45.3 Å². The SMILES string of the molecule is C=CC1C(OC2OC(CO)C(O)C(O)(O)C2O)OC=C(C(=O)OC2CCCC2)C1C=CC1=CN(CCO)CC(C(=O)O)=C1NC(N)=NCCCO. The van der Waals surface area contributed by atoms with Gasteiger partial charge in [-0.3, -0.25) is 4.99 Å². The Labute approximate surface area is 294 Å². The molecule has 0 aromatic rings. The van der Waals surface area contributed by atoms with Gasteiger partial charge in [0, 0.05) is 37.4 Å². The molecular weight excluding hydrogens is 676 g/mol. The van der Waals surface area contributed by atoms with Crippen LogP contribution in [0.5, 0.6) is 0 Å². The van der Waals surface area contributed by atoms with Gasteiger partial charge >= 0.3 is 11.9 Å². The number of hydrogen-bond acceptors (Lipinski definition) is 15. The number of rotatable bonds is 15. The molecule has 11 N–H and O–H groups in total. The summed E-state index contributed by atoms with van der Waals surface area (Å²) >= 11 is 0. The number of nitrogens with zero attached hydrogens (tertiary/aromatic N) is 2. The van der Waals surface area contributed by atoms with Crippen LogP contribution in [-0.2, 0) is 28.5 Å². The van der Waals surface area contributed by atoms with Crippen LogP contribution in [-0.4, -0.2) is 146 Å². The van der Waals surface area contributed by atoms with Gasteiger partial charge in [-0.25, -0.2) is 9.59 Å². The number of allylic oxidation sites excluding steroid dienone is 2. The van der Waals surface area contributed by atoms with E-state index in [0.717, 1.165) is 19.1 Å². The van der Waals surface area contributed by atoms with E-state index in [2.05, 4.69) is 16.9 Å². The Morgan fingerprint density at radius 2 is 1.86 bits per heavy atom. The fraction of sp³-hybridized carbons (Fsp3) is 0.606. The van der Waals surface area contributed by atoms with E-state index >= 15 is 0 Å². The molecule has 0 spiro atoms. The molecule has 4 rings (SSSR count). The number of aliphatic hydroxyl groups excluding tert-OH is 5. The fourth-order valence-electron chi connectivity index (χ4n) is 6.19. The highest BCUT2D eigenvalue weighted by atomic mass is 16.8. The van der Waals surface area contributed by atoms with Crippen molar-refractivity contribution >= 4 is 17.9 Å². The van der Waals surface area contributed by atoms with Gasteiger partial charge < -0.3 is 75.8 Å². The maximum absolute atomic E-state index is 13.6. The van der Waals surface area contributed by atoms with Crippen molar-refractivity contribution in [3.05, 3.63) is 59.7 Å². The lowest BCUT2D eigenvalue weighted by Crippen LogP contribution is -2.68. The van der Waals surface area contributed by atoms with Crippen LogP contribution >= 0.6 is 0 Å².